The van der Waals surface area contributed by atoms with Crippen LogP contribution in [0, 0.1) is 11.8 Å². The Labute approximate surface area is 217 Å². The smallest absolute Gasteiger partial charge is 0.133 e. The van der Waals surface area contributed by atoms with Crippen LogP contribution in [0.2, 0.25) is 5.02 Å². The summed E-state index contributed by atoms with van der Waals surface area (Å²) in [5, 5.41) is 0.771. The van der Waals surface area contributed by atoms with E-state index in [0.717, 1.165) is 38.8 Å². The highest BCUT2D eigenvalue weighted by molar-refractivity contribution is 9.10. The van der Waals surface area contributed by atoms with Crippen molar-refractivity contribution in [1.82, 2.24) is 14.5 Å². The number of aromatic nitrogens is 2. The molecule has 5 heteroatoms. The highest BCUT2D eigenvalue weighted by atomic mass is 79.9. The van der Waals surface area contributed by atoms with Gasteiger partial charge in [-0.1, -0.05) is 77.8 Å². The molecule has 3 nitrogen and oxygen atoms in total. The molecule has 0 N–H and O–H groups in total. The van der Waals surface area contributed by atoms with Gasteiger partial charge in [-0.05, 0) is 86.2 Å². The molecule has 0 bridgehead atoms. The van der Waals surface area contributed by atoms with Crippen LogP contribution in [0.1, 0.15) is 62.8 Å². The van der Waals surface area contributed by atoms with E-state index in [4.69, 9.17) is 16.6 Å². The van der Waals surface area contributed by atoms with Gasteiger partial charge in [0.25, 0.3) is 0 Å². The number of fused-ring (bicyclic) bond motifs is 1. The Kier molecular flexibility index (Phi) is 8.09. The predicted molar refractivity (Wildman–Crippen MR) is 147 cm³/mol. The minimum absolute atomic E-state index is 0.616. The first-order valence-corrected chi connectivity index (χ1v) is 14.1. The van der Waals surface area contributed by atoms with Gasteiger partial charge in [0.15, 0.2) is 0 Å². The molecule has 2 aliphatic rings. The van der Waals surface area contributed by atoms with Crippen molar-refractivity contribution in [3.8, 4) is 0 Å². The van der Waals surface area contributed by atoms with Crippen molar-refractivity contribution in [2.45, 2.75) is 57.9 Å². The number of halogens is 2. The Balaban J connectivity index is 1.24. The fraction of sp³-hybridized carbons (Fsp3) is 0.483. The molecule has 3 aromatic rings. The van der Waals surface area contributed by atoms with Gasteiger partial charge in [-0.15, -0.1) is 0 Å². The van der Waals surface area contributed by atoms with Gasteiger partial charge < -0.3 is 9.47 Å². The molecule has 34 heavy (non-hydrogen) atoms. The van der Waals surface area contributed by atoms with E-state index in [0.29, 0.717) is 5.92 Å². The molecule has 2 aromatic carbocycles. The van der Waals surface area contributed by atoms with Crippen LogP contribution in [0.4, 0.5) is 0 Å². The molecule has 0 radical (unpaired) electrons. The van der Waals surface area contributed by atoms with Gasteiger partial charge in [-0.25, -0.2) is 4.98 Å². The lowest BCUT2D eigenvalue weighted by Gasteiger charge is -2.22. The van der Waals surface area contributed by atoms with Gasteiger partial charge >= 0.3 is 0 Å². The van der Waals surface area contributed by atoms with Gasteiger partial charge in [-0.2, -0.15) is 0 Å². The number of benzene rings is 2. The highest BCUT2D eigenvalue weighted by Gasteiger charge is 2.21. The van der Waals surface area contributed by atoms with Crippen LogP contribution in [0.3, 0.4) is 0 Å². The summed E-state index contributed by atoms with van der Waals surface area (Å²) >= 11 is 9.70. The first kappa shape index (κ1) is 24.1. The van der Waals surface area contributed by atoms with Crippen LogP contribution in [-0.4, -0.2) is 34.1 Å². The van der Waals surface area contributed by atoms with Gasteiger partial charge in [-0.3, -0.25) is 0 Å². The monoisotopic (exact) mass is 539 g/mol. The lowest BCUT2D eigenvalue weighted by Crippen LogP contribution is -2.22. The zero-order valence-electron chi connectivity index (χ0n) is 19.9. The molecule has 2 heterocycles. The number of nitrogens with zero attached hydrogens (tertiary/aromatic N) is 3. The maximum absolute atomic E-state index is 6.10. The van der Waals surface area contributed by atoms with E-state index in [1.54, 1.807) is 0 Å². The lowest BCUT2D eigenvalue weighted by atomic mass is 9.86. The summed E-state index contributed by atoms with van der Waals surface area (Å²) in [5.74, 6) is 2.64. The summed E-state index contributed by atoms with van der Waals surface area (Å²) in [4.78, 5) is 7.65. The maximum Gasteiger partial charge on any atom is 0.133 e. The molecule has 1 aliphatic carbocycles. The molecule has 1 unspecified atom stereocenters. The Hall–Kier alpha value is -1.62. The summed E-state index contributed by atoms with van der Waals surface area (Å²) in [7, 11) is 0. The van der Waals surface area contributed by atoms with Crippen LogP contribution < -0.4 is 0 Å². The number of hydrogen-bond acceptors (Lipinski definition) is 2. The van der Waals surface area contributed by atoms with E-state index in [1.807, 2.05) is 12.1 Å². The van der Waals surface area contributed by atoms with Crippen molar-refractivity contribution in [3.63, 3.8) is 0 Å². The lowest BCUT2D eigenvalue weighted by molar-refractivity contribution is 0.283. The normalized spacial score (nSPS) is 20.1. The Morgan fingerprint density at radius 2 is 1.85 bits per heavy atom. The average Bonchev–Trinajstić information content (AvgIpc) is 3.44. The van der Waals surface area contributed by atoms with Crippen molar-refractivity contribution >= 4 is 44.6 Å². The Morgan fingerprint density at radius 1 is 1.03 bits per heavy atom. The molecule has 1 saturated carbocycles. The molecule has 1 saturated heterocycles. The first-order valence-electron chi connectivity index (χ1n) is 12.9. The van der Waals surface area contributed by atoms with Crippen molar-refractivity contribution in [2.75, 3.05) is 19.6 Å². The van der Waals surface area contributed by atoms with E-state index in [9.17, 15) is 0 Å². The minimum Gasteiger partial charge on any atom is -0.320 e. The molecule has 1 aromatic heterocycles. The zero-order valence-corrected chi connectivity index (χ0v) is 22.3. The topological polar surface area (TPSA) is 21.1 Å². The summed E-state index contributed by atoms with van der Waals surface area (Å²) in [5.41, 5.74) is 3.42. The van der Waals surface area contributed by atoms with E-state index in [2.05, 4.69) is 67.9 Å². The summed E-state index contributed by atoms with van der Waals surface area (Å²) in [6, 6.07) is 14.5. The number of hydrogen-bond donors (Lipinski definition) is 0. The number of rotatable bonds is 8. The van der Waals surface area contributed by atoms with E-state index >= 15 is 0 Å². The average molecular weight is 541 g/mol. The second kappa shape index (κ2) is 11.4. The van der Waals surface area contributed by atoms with Crippen LogP contribution in [0.5, 0.6) is 0 Å². The molecule has 1 atom stereocenters. The second-order valence-electron chi connectivity index (χ2n) is 10.2. The minimum atomic E-state index is 0.616. The van der Waals surface area contributed by atoms with Crippen LogP contribution in [0.25, 0.3) is 17.1 Å². The third-order valence-corrected chi connectivity index (χ3v) is 8.38. The van der Waals surface area contributed by atoms with E-state index in [-0.39, 0.29) is 0 Å². The zero-order chi connectivity index (χ0) is 23.3. The largest absolute Gasteiger partial charge is 0.320 e. The molecule has 0 amide bonds. The van der Waals surface area contributed by atoms with Crippen LogP contribution in [0.15, 0.2) is 53.0 Å². The molecule has 1 aliphatic heterocycles. The van der Waals surface area contributed by atoms with Crippen molar-refractivity contribution < 1.29 is 0 Å². The third-order valence-electron chi connectivity index (χ3n) is 7.63. The van der Waals surface area contributed by atoms with Crippen LogP contribution >= 0.6 is 27.5 Å². The molecule has 0 spiro atoms. The Bertz CT molecular complexity index is 1110. The van der Waals surface area contributed by atoms with Gasteiger partial charge in [0.2, 0.25) is 0 Å². The fourth-order valence-electron chi connectivity index (χ4n) is 5.71. The Morgan fingerprint density at radius 3 is 2.68 bits per heavy atom. The standard InChI is InChI=1S/C29H35BrClN3/c30-25-11-14-28-27(19-25)32-29(34(28)21-23-8-12-26(31)13-9-23)15-10-24-16-18-33(20-24)17-4-7-22-5-2-1-3-6-22/h8-15,19,22,24H,1-7,16-18,20-21H2/b15-10-. The van der Waals surface area contributed by atoms with Crippen molar-refractivity contribution in [1.29, 1.82) is 0 Å². The molecular formula is C29H35BrClN3. The third kappa shape index (κ3) is 6.13. The molecular weight excluding hydrogens is 506 g/mol. The number of imidazole rings is 1. The maximum atomic E-state index is 6.10. The van der Waals surface area contributed by atoms with Gasteiger partial charge in [0, 0.05) is 22.6 Å². The van der Waals surface area contributed by atoms with E-state index < -0.39 is 0 Å². The second-order valence-corrected chi connectivity index (χ2v) is 11.5. The quantitative estimate of drug-likeness (QED) is 0.287. The highest BCUT2D eigenvalue weighted by Crippen LogP contribution is 2.28. The molecule has 5 rings (SSSR count). The first-order chi connectivity index (χ1) is 16.6. The summed E-state index contributed by atoms with van der Waals surface area (Å²) in [6.07, 6.45) is 16.0. The summed E-state index contributed by atoms with van der Waals surface area (Å²) in [6.45, 7) is 4.47. The molecule has 180 valence electrons. The fourth-order valence-corrected chi connectivity index (χ4v) is 6.19. The van der Waals surface area contributed by atoms with Gasteiger partial charge in [0.1, 0.15) is 5.82 Å². The van der Waals surface area contributed by atoms with Gasteiger partial charge in [0.05, 0.1) is 11.0 Å². The van der Waals surface area contributed by atoms with Crippen molar-refractivity contribution in [3.05, 3.63) is 69.4 Å². The van der Waals surface area contributed by atoms with Crippen molar-refractivity contribution in [2.24, 2.45) is 11.8 Å². The number of likely N-dealkylation sites (tertiary alicyclic amines) is 1. The van der Waals surface area contributed by atoms with E-state index in [1.165, 1.54) is 76.6 Å². The SMILES string of the molecule is Clc1ccc(Cn2c(/C=C\C3CCN(CCCC4CCCCC4)C3)nc3cc(Br)ccc32)cc1. The molecule has 2 fully saturated rings. The summed E-state index contributed by atoms with van der Waals surface area (Å²) < 4.78 is 3.38. The van der Waals surface area contributed by atoms with Crippen LogP contribution in [-0.2, 0) is 6.54 Å². The predicted octanol–water partition coefficient (Wildman–Crippen LogP) is 8.20.